The van der Waals surface area contributed by atoms with Crippen molar-refractivity contribution in [2.75, 3.05) is 6.61 Å². The van der Waals surface area contributed by atoms with Crippen LogP contribution in [0.25, 0.3) is 0 Å². The summed E-state index contributed by atoms with van der Waals surface area (Å²) in [5.74, 6) is -0.555. The van der Waals surface area contributed by atoms with Crippen LogP contribution in [-0.4, -0.2) is 46.9 Å². The number of hydrogen-bond acceptors (Lipinski definition) is 5. The van der Waals surface area contributed by atoms with Crippen molar-refractivity contribution in [1.82, 2.24) is 5.32 Å². The van der Waals surface area contributed by atoms with Crippen molar-refractivity contribution in [2.45, 2.75) is 264 Å². The van der Waals surface area contributed by atoms with Crippen LogP contribution in [0.3, 0.4) is 0 Å². The number of amides is 1. The second-order valence-electron chi connectivity index (χ2n) is 17.6. The number of nitrogens with one attached hydrogen (secondary N) is 1. The second kappa shape index (κ2) is 49.3. The summed E-state index contributed by atoms with van der Waals surface area (Å²) in [4.78, 5) is 26.1. The van der Waals surface area contributed by atoms with Crippen molar-refractivity contribution in [1.29, 1.82) is 0 Å². The Morgan fingerprint density at radius 3 is 1.27 bits per heavy atom. The van der Waals surface area contributed by atoms with Crippen LogP contribution >= 0.6 is 0 Å². The third-order valence-corrected chi connectivity index (χ3v) is 11.5. The van der Waals surface area contributed by atoms with Gasteiger partial charge in [0.15, 0.2) is 0 Å². The van der Waals surface area contributed by atoms with Gasteiger partial charge in [-0.25, -0.2) is 0 Å². The third-order valence-electron chi connectivity index (χ3n) is 11.5. The van der Waals surface area contributed by atoms with E-state index >= 15 is 0 Å². The predicted molar refractivity (Wildman–Crippen MR) is 268 cm³/mol. The molecule has 0 bridgehead atoms. The minimum Gasteiger partial charge on any atom is -0.462 e. The highest BCUT2D eigenvalue weighted by atomic mass is 16.5. The van der Waals surface area contributed by atoms with E-state index in [-0.39, 0.29) is 24.9 Å². The molecule has 1 amide bonds. The maximum atomic E-state index is 13.2. The molecule has 3 unspecified atom stereocenters. The number of esters is 1. The molecule has 0 saturated carbocycles. The second-order valence-corrected chi connectivity index (χ2v) is 17.6. The number of unbranched alkanes of at least 4 members (excludes halogenated alkanes) is 22. The van der Waals surface area contributed by atoms with Gasteiger partial charge < -0.3 is 20.3 Å². The molecular weight excluding hydrogens is 767 g/mol. The van der Waals surface area contributed by atoms with Crippen molar-refractivity contribution in [3.8, 4) is 0 Å². The molecule has 0 aliphatic heterocycles. The topological polar surface area (TPSA) is 95.9 Å². The molecule has 0 aromatic rings. The molecule has 6 nitrogen and oxygen atoms in total. The molecule has 0 fully saturated rings. The zero-order chi connectivity index (χ0) is 45.2. The van der Waals surface area contributed by atoms with Gasteiger partial charge >= 0.3 is 5.97 Å². The van der Waals surface area contributed by atoms with Crippen molar-refractivity contribution >= 4 is 11.9 Å². The maximum absolute atomic E-state index is 13.2. The van der Waals surface area contributed by atoms with Crippen LogP contribution in [-0.2, 0) is 14.3 Å². The number of allylic oxidation sites excluding steroid dienone is 12. The zero-order valence-corrected chi connectivity index (χ0v) is 40.7. The van der Waals surface area contributed by atoms with Gasteiger partial charge in [-0.15, -0.1) is 0 Å². The number of aliphatic hydroxyl groups is 2. The van der Waals surface area contributed by atoms with Gasteiger partial charge in [0.25, 0.3) is 0 Å². The molecule has 3 N–H and O–H groups in total. The van der Waals surface area contributed by atoms with Gasteiger partial charge in [-0.1, -0.05) is 209 Å². The summed E-state index contributed by atoms with van der Waals surface area (Å²) in [7, 11) is 0. The number of ether oxygens (including phenoxy) is 1. The fourth-order valence-electron chi connectivity index (χ4n) is 7.51. The van der Waals surface area contributed by atoms with E-state index in [9.17, 15) is 19.8 Å². The van der Waals surface area contributed by atoms with Gasteiger partial charge in [-0.2, -0.15) is 0 Å². The molecule has 0 heterocycles. The van der Waals surface area contributed by atoms with E-state index in [4.69, 9.17) is 4.74 Å². The van der Waals surface area contributed by atoms with E-state index in [0.717, 1.165) is 83.5 Å². The highest BCUT2D eigenvalue weighted by Gasteiger charge is 2.24. The van der Waals surface area contributed by atoms with Crippen molar-refractivity contribution in [2.24, 2.45) is 0 Å². The Kier molecular flexibility index (Phi) is 47.2. The molecule has 0 aliphatic carbocycles. The van der Waals surface area contributed by atoms with E-state index in [2.05, 4.69) is 99.0 Å². The fourth-order valence-corrected chi connectivity index (χ4v) is 7.51. The monoisotopic (exact) mass is 866 g/mol. The Morgan fingerprint density at radius 2 is 0.823 bits per heavy atom. The quantitative estimate of drug-likeness (QED) is 0.0322. The Hall–Kier alpha value is -2.70. The van der Waals surface area contributed by atoms with Crippen molar-refractivity contribution in [3.05, 3.63) is 72.9 Å². The Bertz CT molecular complexity index is 1150. The molecule has 0 radical (unpaired) electrons. The molecule has 358 valence electrons. The van der Waals surface area contributed by atoms with Crippen LogP contribution < -0.4 is 5.32 Å². The van der Waals surface area contributed by atoms with Gasteiger partial charge in [-0.3, -0.25) is 9.59 Å². The molecule has 0 aromatic heterocycles. The smallest absolute Gasteiger partial charge is 0.306 e. The predicted octanol–water partition coefficient (Wildman–Crippen LogP) is 15.8. The van der Waals surface area contributed by atoms with Crippen LogP contribution in [0, 0.1) is 0 Å². The van der Waals surface area contributed by atoms with E-state index in [1.807, 2.05) is 0 Å². The lowest BCUT2D eigenvalue weighted by atomic mass is 10.0. The molecule has 0 aliphatic rings. The van der Waals surface area contributed by atoms with Crippen LogP contribution in [0.15, 0.2) is 72.9 Å². The van der Waals surface area contributed by atoms with E-state index in [1.54, 1.807) is 0 Å². The Balaban J connectivity index is 4.71. The molecule has 0 spiro atoms. The molecule has 0 rings (SSSR count). The minimum absolute atomic E-state index is 0.0441. The lowest BCUT2D eigenvalue weighted by molar-refractivity contribution is -0.151. The third kappa shape index (κ3) is 43.9. The van der Waals surface area contributed by atoms with E-state index in [0.29, 0.717) is 25.7 Å². The number of carbonyl (C=O) groups excluding carboxylic acids is 2. The van der Waals surface area contributed by atoms with Gasteiger partial charge in [0.1, 0.15) is 6.10 Å². The average Bonchev–Trinajstić information content (AvgIpc) is 3.26. The molecule has 3 atom stereocenters. The van der Waals surface area contributed by atoms with Crippen molar-refractivity contribution < 1.29 is 24.5 Å². The standard InChI is InChI=1S/C56H99NO5/c1-4-7-10-13-16-19-22-24-26-27-29-31-34-37-40-43-46-49-56(61)62-52(47-44-41-38-35-33-30-28-25-23-20-17-14-11-8-5-2)50-55(60)57-53(51-58)54(59)48-45-42-39-36-32-21-18-15-12-9-6-3/h16-17,19-20,24-26,28-29,31,37,40,52-54,58-59H,4-15,18,21-23,27,30,32-36,38-39,41-51H2,1-3H3,(H,57,60)/b19-16-,20-17-,26-24-,28-25-,31-29-,40-37-. The molecule has 62 heavy (non-hydrogen) atoms. The lowest BCUT2D eigenvalue weighted by Gasteiger charge is -2.24. The number of hydrogen-bond donors (Lipinski definition) is 3. The minimum atomic E-state index is -0.803. The van der Waals surface area contributed by atoms with Crippen LogP contribution in [0.5, 0.6) is 0 Å². The first-order valence-corrected chi connectivity index (χ1v) is 26.2. The van der Waals surface area contributed by atoms with Crippen molar-refractivity contribution in [3.63, 3.8) is 0 Å². The Morgan fingerprint density at radius 1 is 0.468 bits per heavy atom. The normalized spacial score (nSPS) is 13.8. The SMILES string of the molecule is CCCCC/C=C\C/C=C\C/C=C\C/C=C\CCCC(=O)OC(CCCCCCC/C=C\C/C=C\CCCCC)CC(=O)NC(CO)C(O)CCCCCCCCCCCCC. The summed E-state index contributed by atoms with van der Waals surface area (Å²) in [6.07, 6.45) is 62.4. The number of rotatable bonds is 46. The summed E-state index contributed by atoms with van der Waals surface area (Å²) >= 11 is 0. The first-order valence-electron chi connectivity index (χ1n) is 26.2. The summed E-state index contributed by atoms with van der Waals surface area (Å²) in [5.41, 5.74) is 0. The largest absolute Gasteiger partial charge is 0.462 e. The van der Waals surface area contributed by atoms with Crippen LogP contribution in [0.1, 0.15) is 245 Å². The Labute approximate surface area is 383 Å². The average molecular weight is 866 g/mol. The number of aliphatic hydroxyl groups excluding tert-OH is 2. The lowest BCUT2D eigenvalue weighted by Crippen LogP contribution is -2.46. The first-order chi connectivity index (χ1) is 30.5. The molecular formula is C56H99NO5. The summed E-state index contributed by atoms with van der Waals surface area (Å²) in [5, 5.41) is 23.7. The van der Waals surface area contributed by atoms with Gasteiger partial charge in [0, 0.05) is 6.42 Å². The molecule has 0 saturated heterocycles. The molecule has 6 heteroatoms. The molecule has 0 aromatic carbocycles. The van der Waals surface area contributed by atoms with Gasteiger partial charge in [-0.05, 0) is 96.3 Å². The highest BCUT2D eigenvalue weighted by Crippen LogP contribution is 2.17. The first kappa shape index (κ1) is 59.3. The summed E-state index contributed by atoms with van der Waals surface area (Å²) in [6.45, 7) is 6.40. The number of carbonyl (C=O) groups is 2. The van der Waals surface area contributed by atoms with E-state index in [1.165, 1.54) is 109 Å². The van der Waals surface area contributed by atoms with Crippen LogP contribution in [0.2, 0.25) is 0 Å². The zero-order valence-electron chi connectivity index (χ0n) is 40.7. The fraction of sp³-hybridized carbons (Fsp3) is 0.750. The van der Waals surface area contributed by atoms with Gasteiger partial charge in [0.2, 0.25) is 5.91 Å². The van der Waals surface area contributed by atoms with Gasteiger partial charge in [0.05, 0.1) is 25.2 Å². The maximum Gasteiger partial charge on any atom is 0.306 e. The van der Waals surface area contributed by atoms with E-state index < -0.39 is 18.2 Å². The summed E-state index contributed by atoms with van der Waals surface area (Å²) in [6, 6.07) is -0.719. The van der Waals surface area contributed by atoms with Crippen LogP contribution in [0.4, 0.5) is 0 Å². The highest BCUT2D eigenvalue weighted by molar-refractivity contribution is 5.77. The summed E-state index contributed by atoms with van der Waals surface area (Å²) < 4.78 is 5.90.